The van der Waals surface area contributed by atoms with Crippen LogP contribution in [0.15, 0.2) is 24.3 Å². The van der Waals surface area contributed by atoms with Crippen LogP contribution in [0.5, 0.6) is 0 Å². The van der Waals surface area contributed by atoms with Gasteiger partial charge in [0.25, 0.3) is 5.91 Å². The molecule has 0 bridgehead atoms. The Bertz CT molecular complexity index is 475. The Balaban J connectivity index is 2.58. The fraction of sp³-hybridized carbons (Fsp3) is 0.467. The largest absolute Gasteiger partial charge is 0.355 e. The molecule has 0 aliphatic carbocycles. The van der Waals surface area contributed by atoms with Gasteiger partial charge in [0.1, 0.15) is 0 Å². The van der Waals surface area contributed by atoms with E-state index in [4.69, 9.17) is 5.73 Å². The molecule has 0 saturated heterocycles. The SMILES string of the molecule is CNC(=O)c1ccc(CNC(=O)[C@H](N)C(C)(C)C)cc1. The lowest BCUT2D eigenvalue weighted by Crippen LogP contribution is -2.48. The third-order valence-corrected chi connectivity index (χ3v) is 3.13. The maximum Gasteiger partial charge on any atom is 0.251 e. The molecule has 4 N–H and O–H groups in total. The van der Waals surface area contributed by atoms with Gasteiger partial charge in [-0.25, -0.2) is 0 Å². The molecule has 0 unspecified atom stereocenters. The summed E-state index contributed by atoms with van der Waals surface area (Å²) in [7, 11) is 1.59. The van der Waals surface area contributed by atoms with Crippen molar-refractivity contribution in [3.63, 3.8) is 0 Å². The van der Waals surface area contributed by atoms with Crippen molar-refractivity contribution in [2.75, 3.05) is 7.05 Å². The highest BCUT2D eigenvalue weighted by molar-refractivity contribution is 5.93. The standard InChI is InChI=1S/C15H23N3O2/c1-15(2,3)12(16)14(20)18-9-10-5-7-11(8-6-10)13(19)17-4/h5-8,12H,9,16H2,1-4H3,(H,17,19)(H,18,20)/t12-/m0/s1. The van der Waals surface area contributed by atoms with Crippen LogP contribution in [-0.2, 0) is 11.3 Å². The minimum Gasteiger partial charge on any atom is -0.355 e. The number of rotatable bonds is 4. The first kappa shape index (κ1) is 16.2. The first-order valence-electron chi connectivity index (χ1n) is 6.60. The molecule has 1 atom stereocenters. The van der Waals surface area contributed by atoms with Crippen LogP contribution in [0.2, 0.25) is 0 Å². The smallest absolute Gasteiger partial charge is 0.251 e. The van der Waals surface area contributed by atoms with Crippen LogP contribution in [0.25, 0.3) is 0 Å². The Morgan fingerprint density at radius 1 is 1.20 bits per heavy atom. The van der Waals surface area contributed by atoms with E-state index in [0.717, 1.165) is 5.56 Å². The van der Waals surface area contributed by atoms with Crippen LogP contribution < -0.4 is 16.4 Å². The Hall–Kier alpha value is -1.88. The summed E-state index contributed by atoms with van der Waals surface area (Å²) in [6, 6.07) is 6.53. The lowest BCUT2D eigenvalue weighted by molar-refractivity contribution is -0.124. The van der Waals surface area contributed by atoms with Crippen LogP contribution in [0.3, 0.4) is 0 Å². The highest BCUT2D eigenvalue weighted by atomic mass is 16.2. The maximum atomic E-state index is 11.9. The van der Waals surface area contributed by atoms with E-state index < -0.39 is 6.04 Å². The van der Waals surface area contributed by atoms with E-state index in [2.05, 4.69) is 10.6 Å². The molecule has 0 aliphatic heterocycles. The predicted octanol–water partition coefficient (Wildman–Crippen LogP) is 1.04. The first-order valence-corrected chi connectivity index (χ1v) is 6.60. The third kappa shape index (κ3) is 4.35. The predicted molar refractivity (Wildman–Crippen MR) is 79.1 cm³/mol. The highest BCUT2D eigenvalue weighted by Crippen LogP contribution is 2.17. The molecule has 1 aromatic carbocycles. The molecular weight excluding hydrogens is 254 g/mol. The van der Waals surface area contributed by atoms with Crippen LogP contribution in [0.1, 0.15) is 36.7 Å². The number of carbonyl (C=O) groups excluding carboxylic acids is 2. The van der Waals surface area contributed by atoms with Crippen LogP contribution in [0, 0.1) is 5.41 Å². The summed E-state index contributed by atoms with van der Waals surface area (Å²) in [6.07, 6.45) is 0. The Morgan fingerprint density at radius 3 is 2.20 bits per heavy atom. The number of amides is 2. The summed E-state index contributed by atoms with van der Waals surface area (Å²) in [5.41, 5.74) is 7.12. The normalized spacial score (nSPS) is 12.7. The summed E-state index contributed by atoms with van der Waals surface area (Å²) in [4.78, 5) is 23.3. The fourth-order valence-corrected chi connectivity index (χ4v) is 1.61. The molecule has 0 spiro atoms. The zero-order valence-corrected chi connectivity index (χ0v) is 12.5. The van der Waals surface area contributed by atoms with Crippen molar-refractivity contribution in [2.45, 2.75) is 33.4 Å². The molecular formula is C15H23N3O2. The summed E-state index contributed by atoms with van der Waals surface area (Å²) in [5.74, 6) is -0.303. The van der Waals surface area contributed by atoms with E-state index in [9.17, 15) is 9.59 Å². The first-order chi connectivity index (χ1) is 9.25. The van der Waals surface area contributed by atoms with E-state index in [-0.39, 0.29) is 17.2 Å². The number of hydrogen-bond donors (Lipinski definition) is 3. The fourth-order valence-electron chi connectivity index (χ4n) is 1.61. The summed E-state index contributed by atoms with van der Waals surface area (Å²) >= 11 is 0. The van der Waals surface area contributed by atoms with E-state index in [1.54, 1.807) is 19.2 Å². The molecule has 1 rings (SSSR count). The van der Waals surface area contributed by atoms with Gasteiger partial charge in [-0.1, -0.05) is 32.9 Å². The van der Waals surface area contributed by atoms with E-state index in [0.29, 0.717) is 12.1 Å². The average molecular weight is 277 g/mol. The van der Waals surface area contributed by atoms with Gasteiger partial charge in [0.2, 0.25) is 5.91 Å². The summed E-state index contributed by atoms with van der Waals surface area (Å²) < 4.78 is 0. The van der Waals surface area contributed by atoms with Gasteiger partial charge in [-0.2, -0.15) is 0 Å². The van der Waals surface area contributed by atoms with Crippen molar-refractivity contribution in [1.82, 2.24) is 10.6 Å². The molecule has 0 saturated carbocycles. The zero-order valence-electron chi connectivity index (χ0n) is 12.5. The lowest BCUT2D eigenvalue weighted by Gasteiger charge is -2.25. The summed E-state index contributed by atoms with van der Waals surface area (Å²) in [5, 5.41) is 5.36. The highest BCUT2D eigenvalue weighted by Gasteiger charge is 2.26. The minimum atomic E-state index is -0.548. The number of nitrogens with one attached hydrogen (secondary N) is 2. The van der Waals surface area contributed by atoms with Gasteiger partial charge in [-0.3, -0.25) is 9.59 Å². The van der Waals surface area contributed by atoms with Crippen molar-refractivity contribution in [3.05, 3.63) is 35.4 Å². The molecule has 0 aliphatic rings. The molecule has 5 nitrogen and oxygen atoms in total. The molecule has 2 amide bonds. The number of hydrogen-bond acceptors (Lipinski definition) is 3. The lowest BCUT2D eigenvalue weighted by atomic mass is 9.87. The molecule has 20 heavy (non-hydrogen) atoms. The molecule has 1 aromatic rings. The van der Waals surface area contributed by atoms with Gasteiger partial charge in [-0.15, -0.1) is 0 Å². The summed E-state index contributed by atoms with van der Waals surface area (Å²) in [6.45, 7) is 6.18. The molecule has 0 aromatic heterocycles. The van der Waals surface area contributed by atoms with Gasteiger partial charge in [-0.05, 0) is 23.1 Å². The number of carbonyl (C=O) groups is 2. The Labute approximate surface area is 119 Å². The molecule has 110 valence electrons. The topological polar surface area (TPSA) is 84.2 Å². The second kappa shape index (κ2) is 6.52. The van der Waals surface area contributed by atoms with E-state index in [1.807, 2.05) is 32.9 Å². The monoisotopic (exact) mass is 277 g/mol. The van der Waals surface area contributed by atoms with E-state index in [1.165, 1.54) is 0 Å². The van der Waals surface area contributed by atoms with Gasteiger partial charge in [0.15, 0.2) is 0 Å². The van der Waals surface area contributed by atoms with Gasteiger partial charge < -0.3 is 16.4 Å². The van der Waals surface area contributed by atoms with Gasteiger partial charge in [0, 0.05) is 19.2 Å². The van der Waals surface area contributed by atoms with Gasteiger partial charge >= 0.3 is 0 Å². The Kier molecular flexibility index (Phi) is 5.27. The molecule has 0 radical (unpaired) electrons. The zero-order chi connectivity index (χ0) is 15.3. The van der Waals surface area contributed by atoms with E-state index >= 15 is 0 Å². The quantitative estimate of drug-likeness (QED) is 0.768. The van der Waals surface area contributed by atoms with Crippen LogP contribution in [0.4, 0.5) is 0 Å². The second-order valence-electron chi connectivity index (χ2n) is 5.84. The molecule has 0 fully saturated rings. The second-order valence-corrected chi connectivity index (χ2v) is 5.84. The van der Waals surface area contributed by atoms with Crippen molar-refractivity contribution in [1.29, 1.82) is 0 Å². The van der Waals surface area contributed by atoms with Crippen molar-refractivity contribution >= 4 is 11.8 Å². The van der Waals surface area contributed by atoms with Crippen LogP contribution >= 0.6 is 0 Å². The minimum absolute atomic E-state index is 0.129. The van der Waals surface area contributed by atoms with Gasteiger partial charge in [0.05, 0.1) is 6.04 Å². The number of benzene rings is 1. The molecule has 0 heterocycles. The maximum absolute atomic E-state index is 11.9. The Morgan fingerprint density at radius 2 is 1.75 bits per heavy atom. The average Bonchev–Trinajstić information content (AvgIpc) is 2.42. The third-order valence-electron chi connectivity index (χ3n) is 3.13. The van der Waals surface area contributed by atoms with Crippen molar-refractivity contribution in [3.8, 4) is 0 Å². The van der Waals surface area contributed by atoms with Crippen LogP contribution in [-0.4, -0.2) is 24.9 Å². The van der Waals surface area contributed by atoms with Crippen molar-refractivity contribution < 1.29 is 9.59 Å². The van der Waals surface area contributed by atoms with Crippen molar-refractivity contribution in [2.24, 2.45) is 11.1 Å². The number of nitrogens with two attached hydrogens (primary N) is 1. The molecule has 5 heteroatoms.